The summed E-state index contributed by atoms with van der Waals surface area (Å²) in [5.41, 5.74) is 5.03. The van der Waals surface area contributed by atoms with Gasteiger partial charge in [-0.2, -0.15) is 0 Å². The number of amides is 3. The van der Waals surface area contributed by atoms with Crippen LogP contribution in [0.3, 0.4) is 0 Å². The highest BCUT2D eigenvalue weighted by molar-refractivity contribution is 8.08. The molecule has 3 heterocycles. The van der Waals surface area contributed by atoms with Gasteiger partial charge in [-0.15, -0.1) is 23.1 Å². The van der Waals surface area contributed by atoms with Crippen LogP contribution < -0.4 is 16.4 Å². The van der Waals surface area contributed by atoms with Crippen molar-refractivity contribution in [3.05, 3.63) is 33.2 Å². The van der Waals surface area contributed by atoms with Crippen LogP contribution in [0.25, 0.3) is 0 Å². The number of carbonyl (C=O) groups excluding carboxylic acids is 3. The minimum Gasteiger partial charge on any atom is -0.477 e. The number of carboxylic acids is 1. The Morgan fingerprint density at radius 2 is 2.22 bits per heavy atom. The first-order chi connectivity index (χ1) is 15.2. The van der Waals surface area contributed by atoms with Crippen molar-refractivity contribution < 1.29 is 29.5 Å². The van der Waals surface area contributed by atoms with Crippen LogP contribution in [0.4, 0.5) is 5.13 Å². The lowest BCUT2D eigenvalue weighted by Crippen LogP contribution is -2.71. The molecule has 0 spiro atoms. The first-order valence-corrected chi connectivity index (χ1v) is 11.8. The fourth-order valence-electron chi connectivity index (χ4n) is 2.88. The number of anilines is 1. The lowest BCUT2D eigenvalue weighted by Gasteiger charge is -2.49. The number of thioether (sulfide) groups is 2. The highest BCUT2D eigenvalue weighted by atomic mass is 32.2. The van der Waals surface area contributed by atoms with Crippen LogP contribution in [0.1, 0.15) is 12.6 Å². The Morgan fingerprint density at radius 3 is 2.81 bits per heavy atom. The van der Waals surface area contributed by atoms with Crippen molar-refractivity contribution in [3.63, 3.8) is 0 Å². The molecule has 15 heteroatoms. The van der Waals surface area contributed by atoms with E-state index in [9.17, 15) is 29.5 Å². The molecule has 0 aromatic carbocycles. The summed E-state index contributed by atoms with van der Waals surface area (Å²) in [6.45, 7) is 1.68. The quantitative estimate of drug-likeness (QED) is 0.141. The van der Waals surface area contributed by atoms with E-state index >= 15 is 0 Å². The molecule has 1 unspecified atom stereocenters. The molecule has 3 amide bonds. The predicted molar refractivity (Wildman–Crippen MR) is 120 cm³/mol. The Kier molecular flexibility index (Phi) is 7.42. The maximum absolute atomic E-state index is 12.7. The summed E-state index contributed by atoms with van der Waals surface area (Å²) in [6.07, 6.45) is 1.66. The van der Waals surface area contributed by atoms with E-state index in [0.29, 0.717) is 17.2 Å². The van der Waals surface area contributed by atoms with Crippen molar-refractivity contribution in [1.82, 2.24) is 20.5 Å². The number of carboxylic acid groups (broad SMARTS) is 1. The number of hydrogen-bond acceptors (Lipinski definition) is 11. The molecule has 2 aliphatic rings. The number of nitrogens with one attached hydrogen (secondary N) is 2. The summed E-state index contributed by atoms with van der Waals surface area (Å²) in [6, 6.07) is -0.989. The smallest absolute Gasteiger partial charge is 0.353 e. The van der Waals surface area contributed by atoms with Gasteiger partial charge in [-0.25, -0.2) is 9.78 Å². The zero-order chi connectivity index (χ0) is 23.4. The van der Waals surface area contributed by atoms with Crippen molar-refractivity contribution in [2.24, 2.45) is 5.16 Å². The number of hydrogen-bond donors (Lipinski definition) is 5. The molecule has 12 nitrogen and oxygen atoms in total. The second-order valence-electron chi connectivity index (χ2n) is 6.38. The zero-order valence-electron chi connectivity index (χ0n) is 16.5. The van der Waals surface area contributed by atoms with Gasteiger partial charge >= 0.3 is 5.97 Å². The van der Waals surface area contributed by atoms with E-state index in [4.69, 9.17) is 5.73 Å². The third-order valence-electron chi connectivity index (χ3n) is 4.28. The number of β-lactam (4-membered cyclic amide) rings is 1. The van der Waals surface area contributed by atoms with E-state index < -0.39 is 34.9 Å². The van der Waals surface area contributed by atoms with Crippen LogP contribution in [-0.2, 0) is 19.2 Å². The monoisotopic (exact) mass is 498 g/mol. The fourth-order valence-corrected chi connectivity index (χ4v) is 5.75. The molecule has 1 fully saturated rings. The van der Waals surface area contributed by atoms with Crippen LogP contribution in [0, 0.1) is 0 Å². The number of nitrogens with two attached hydrogens (primary N) is 1. The zero-order valence-corrected chi connectivity index (χ0v) is 18.9. The van der Waals surface area contributed by atoms with Gasteiger partial charge in [0.2, 0.25) is 5.91 Å². The molecule has 0 bridgehead atoms. The summed E-state index contributed by atoms with van der Waals surface area (Å²) >= 11 is 3.49. The molecule has 0 saturated carbocycles. The predicted octanol–water partition coefficient (Wildman–Crippen LogP) is -0.0173. The summed E-state index contributed by atoms with van der Waals surface area (Å²) in [4.78, 5) is 53.4. The number of nitrogens with zero attached hydrogens (tertiary/aromatic N) is 3. The maximum atomic E-state index is 12.7. The minimum absolute atomic E-state index is 0.0586. The molecular formula is C17H18N6O6S3. The molecule has 2 aliphatic heterocycles. The lowest BCUT2D eigenvalue weighted by atomic mass is 10.0. The van der Waals surface area contributed by atoms with Crippen molar-refractivity contribution in [2.75, 3.05) is 18.0 Å². The number of carbonyl (C=O) groups is 4. The summed E-state index contributed by atoms with van der Waals surface area (Å²) in [5.74, 6) is -2.57. The van der Waals surface area contributed by atoms with E-state index in [1.54, 1.807) is 11.5 Å². The largest absolute Gasteiger partial charge is 0.477 e. The van der Waals surface area contributed by atoms with Crippen molar-refractivity contribution >= 4 is 69.4 Å². The van der Waals surface area contributed by atoms with Crippen molar-refractivity contribution in [3.8, 4) is 0 Å². The molecule has 1 aromatic heterocycles. The van der Waals surface area contributed by atoms with E-state index in [1.165, 1.54) is 24.1 Å². The molecule has 170 valence electrons. The Hall–Kier alpha value is -3.04. The second kappa shape index (κ2) is 10.1. The van der Waals surface area contributed by atoms with Crippen LogP contribution in [-0.4, -0.2) is 73.3 Å². The van der Waals surface area contributed by atoms with Gasteiger partial charge in [0.25, 0.3) is 11.8 Å². The Morgan fingerprint density at radius 1 is 1.47 bits per heavy atom. The maximum Gasteiger partial charge on any atom is 0.353 e. The van der Waals surface area contributed by atoms with E-state index in [0.717, 1.165) is 28.0 Å². The number of thiazole rings is 1. The summed E-state index contributed by atoms with van der Waals surface area (Å²) in [7, 11) is 0. The van der Waals surface area contributed by atoms with Crippen LogP contribution in [0.5, 0.6) is 0 Å². The van der Waals surface area contributed by atoms with E-state index in [1.807, 2.05) is 0 Å². The molecule has 3 rings (SSSR count). The van der Waals surface area contributed by atoms with Gasteiger partial charge in [0.15, 0.2) is 10.8 Å². The molecule has 6 N–H and O–H groups in total. The fraction of sp³-hybridized carbons (Fsp3) is 0.294. The lowest BCUT2D eigenvalue weighted by molar-refractivity contribution is -0.150. The van der Waals surface area contributed by atoms with E-state index in [2.05, 4.69) is 20.8 Å². The Balaban J connectivity index is 1.70. The third kappa shape index (κ3) is 4.89. The standard InChI is InChI=1S/C17H18N6O6S3/c1-7(24)19-3-2-4-30-9-6-31-15-11(14(26)23(15)12(9)16(27)28)21-13(25)10(22-29)8-5-32-17(18)20-8/h2,4-5,11,15,29H,3,6H2,1H3,(H2,18,20)(H,19,24)(H,21,25)(H,27,28)/b4-2-,22-10-/t11?,15-/m1/s1. The molecule has 1 saturated heterocycles. The topological polar surface area (TPSA) is 187 Å². The molecule has 32 heavy (non-hydrogen) atoms. The van der Waals surface area contributed by atoms with Gasteiger partial charge in [-0.05, 0) is 5.41 Å². The highest BCUT2D eigenvalue weighted by Gasteiger charge is 2.54. The summed E-state index contributed by atoms with van der Waals surface area (Å²) in [5, 5.41) is 29.5. The van der Waals surface area contributed by atoms with Crippen molar-refractivity contribution in [1.29, 1.82) is 0 Å². The minimum atomic E-state index is -1.26. The number of rotatable bonds is 8. The van der Waals surface area contributed by atoms with Crippen molar-refractivity contribution in [2.45, 2.75) is 18.3 Å². The number of fused-ring (bicyclic) bond motifs is 1. The van der Waals surface area contributed by atoms with Gasteiger partial charge in [-0.1, -0.05) is 23.0 Å². The molecule has 1 aromatic rings. The van der Waals surface area contributed by atoms with Crippen LogP contribution in [0.2, 0.25) is 0 Å². The Labute approximate surface area is 194 Å². The van der Waals surface area contributed by atoms with Gasteiger partial charge in [0.05, 0.1) is 0 Å². The molecule has 2 atom stereocenters. The SMILES string of the molecule is CC(=O)NC/C=C\SC1=C(C(=O)O)N2C(=O)C(NC(=O)/C(=N\O)c3csc(N)n3)[C@H]2SC1. The first kappa shape index (κ1) is 23.6. The van der Waals surface area contributed by atoms with Crippen LogP contribution in [0.15, 0.2) is 32.6 Å². The van der Waals surface area contributed by atoms with E-state index in [-0.39, 0.29) is 22.4 Å². The number of nitrogen functional groups attached to an aromatic ring is 1. The number of aromatic nitrogens is 1. The number of aliphatic carboxylic acids is 1. The van der Waals surface area contributed by atoms with Gasteiger partial charge in [-0.3, -0.25) is 19.3 Å². The Bertz CT molecular complexity index is 1050. The first-order valence-electron chi connectivity index (χ1n) is 8.96. The molecule has 0 aliphatic carbocycles. The average molecular weight is 499 g/mol. The highest BCUT2D eigenvalue weighted by Crippen LogP contribution is 2.43. The van der Waals surface area contributed by atoms with Gasteiger partial charge < -0.3 is 26.7 Å². The van der Waals surface area contributed by atoms with Gasteiger partial charge in [0.1, 0.15) is 22.8 Å². The number of oxime groups is 1. The average Bonchev–Trinajstić information content (AvgIpc) is 3.17. The molecule has 0 radical (unpaired) electrons. The normalized spacial score (nSPS) is 20.7. The second-order valence-corrected chi connectivity index (χ2v) is 9.38. The molecular weight excluding hydrogens is 480 g/mol. The van der Waals surface area contributed by atoms with Crippen LogP contribution >= 0.6 is 34.9 Å². The van der Waals surface area contributed by atoms with Gasteiger partial charge in [0, 0.05) is 29.5 Å². The third-order valence-corrected chi connectivity index (χ3v) is 7.36. The summed E-state index contributed by atoms with van der Waals surface area (Å²) < 4.78 is 0.